The summed E-state index contributed by atoms with van der Waals surface area (Å²) >= 11 is 0. The average Bonchev–Trinajstić information content (AvgIpc) is 3.16. The van der Waals surface area contributed by atoms with E-state index in [0.29, 0.717) is 12.2 Å². The Morgan fingerprint density at radius 1 is 0.941 bits per heavy atom. The van der Waals surface area contributed by atoms with E-state index in [4.69, 9.17) is 9.47 Å². The first-order chi connectivity index (χ1) is 16.5. The maximum atomic E-state index is 12.7. The third-order valence-electron chi connectivity index (χ3n) is 8.10. The molecule has 1 aromatic rings. The summed E-state index contributed by atoms with van der Waals surface area (Å²) in [7, 11) is 1.50. The molecule has 4 nitrogen and oxygen atoms in total. The number of hydrogen-bond acceptors (Lipinski definition) is 4. The first-order valence-corrected chi connectivity index (χ1v) is 13.9. The molecule has 0 saturated heterocycles. The summed E-state index contributed by atoms with van der Waals surface area (Å²) in [5.74, 6) is 2.33. The summed E-state index contributed by atoms with van der Waals surface area (Å²) in [5, 5.41) is 0. The Bertz CT molecular complexity index is 791. The van der Waals surface area contributed by atoms with Crippen molar-refractivity contribution in [1.82, 2.24) is 0 Å². The number of carbonyl (C=O) groups excluding carboxylic acids is 2. The number of esters is 1. The van der Waals surface area contributed by atoms with Gasteiger partial charge in [0.05, 0.1) is 19.6 Å². The molecule has 1 saturated carbocycles. The van der Waals surface area contributed by atoms with Crippen LogP contribution in [0.3, 0.4) is 0 Å². The van der Waals surface area contributed by atoms with Gasteiger partial charge >= 0.3 is 5.97 Å². The van der Waals surface area contributed by atoms with Crippen LogP contribution in [0.5, 0.6) is 5.75 Å². The molecular weight excluding hydrogens is 424 g/mol. The van der Waals surface area contributed by atoms with E-state index >= 15 is 0 Å². The molecule has 0 spiro atoms. The minimum atomic E-state index is -0.0166. The zero-order valence-corrected chi connectivity index (χ0v) is 21.8. The van der Waals surface area contributed by atoms with Gasteiger partial charge in [0.25, 0.3) is 0 Å². The third-order valence-corrected chi connectivity index (χ3v) is 8.10. The molecule has 1 aromatic carbocycles. The van der Waals surface area contributed by atoms with Crippen molar-refractivity contribution < 1.29 is 19.1 Å². The monoisotopic (exact) mass is 470 g/mol. The summed E-state index contributed by atoms with van der Waals surface area (Å²) in [6, 6.07) is 4.25. The molecule has 0 aliphatic heterocycles. The van der Waals surface area contributed by atoms with Crippen molar-refractivity contribution in [2.45, 2.75) is 116 Å². The summed E-state index contributed by atoms with van der Waals surface area (Å²) in [5.41, 5.74) is 3.69. The predicted molar refractivity (Wildman–Crippen MR) is 137 cm³/mol. The van der Waals surface area contributed by atoms with Gasteiger partial charge < -0.3 is 9.47 Å². The van der Waals surface area contributed by atoms with Gasteiger partial charge in [-0.2, -0.15) is 0 Å². The van der Waals surface area contributed by atoms with Gasteiger partial charge in [0.1, 0.15) is 11.5 Å². The first kappa shape index (κ1) is 26.8. The van der Waals surface area contributed by atoms with E-state index in [0.717, 1.165) is 56.8 Å². The van der Waals surface area contributed by atoms with Gasteiger partial charge in [0.15, 0.2) is 0 Å². The van der Waals surface area contributed by atoms with Crippen LogP contribution in [0, 0.1) is 18.8 Å². The van der Waals surface area contributed by atoms with Gasteiger partial charge in [-0.05, 0) is 80.2 Å². The topological polar surface area (TPSA) is 52.6 Å². The number of carbonyl (C=O) groups is 2. The summed E-state index contributed by atoms with van der Waals surface area (Å²) in [6.07, 6.45) is 17.0. The van der Waals surface area contributed by atoms with E-state index in [9.17, 15) is 9.59 Å². The van der Waals surface area contributed by atoms with Crippen LogP contribution in [0.25, 0.3) is 0 Å². The number of benzene rings is 1. The van der Waals surface area contributed by atoms with E-state index in [1.165, 1.54) is 75.2 Å². The number of methoxy groups -OCH3 is 1. The molecule has 0 aromatic heterocycles. The minimum absolute atomic E-state index is 0.0166. The summed E-state index contributed by atoms with van der Waals surface area (Å²) < 4.78 is 10.8. The Morgan fingerprint density at radius 3 is 2.29 bits per heavy atom. The van der Waals surface area contributed by atoms with E-state index in [1.807, 2.05) is 0 Å². The lowest BCUT2D eigenvalue weighted by Crippen LogP contribution is -2.22. The third kappa shape index (κ3) is 7.58. The first-order valence-electron chi connectivity index (χ1n) is 13.9. The average molecular weight is 471 g/mol. The highest BCUT2D eigenvalue weighted by molar-refractivity contribution is 5.93. The number of unbranched alkanes of at least 4 members (excludes halogenated alkanes) is 6. The quantitative estimate of drug-likeness (QED) is 0.209. The molecule has 1 fully saturated rings. The molecule has 2 aliphatic rings. The zero-order chi connectivity index (χ0) is 24.3. The molecule has 0 N–H and O–H groups in total. The van der Waals surface area contributed by atoms with Crippen LogP contribution in [-0.4, -0.2) is 25.5 Å². The van der Waals surface area contributed by atoms with Gasteiger partial charge in [-0.25, -0.2) is 0 Å². The van der Waals surface area contributed by atoms with Crippen LogP contribution in [0.2, 0.25) is 0 Å². The summed E-state index contributed by atoms with van der Waals surface area (Å²) in [6.45, 7) is 5.04. The lowest BCUT2D eigenvalue weighted by atomic mass is 9.80. The number of Topliss-reactive ketones (excluding diaryl/α,β-unsaturated/α-hetero) is 1. The highest BCUT2D eigenvalue weighted by atomic mass is 16.5. The molecule has 3 rings (SSSR count). The maximum Gasteiger partial charge on any atom is 0.308 e. The van der Waals surface area contributed by atoms with E-state index in [2.05, 4.69) is 26.0 Å². The molecule has 190 valence electrons. The van der Waals surface area contributed by atoms with Crippen molar-refractivity contribution in [3.63, 3.8) is 0 Å². The molecule has 0 heterocycles. The number of hydrogen-bond donors (Lipinski definition) is 0. The zero-order valence-electron chi connectivity index (χ0n) is 21.8. The Labute approximate surface area is 207 Å². The second-order valence-electron chi connectivity index (χ2n) is 10.6. The fraction of sp³-hybridized carbons (Fsp3) is 0.733. The Morgan fingerprint density at radius 2 is 1.62 bits per heavy atom. The molecule has 34 heavy (non-hydrogen) atoms. The molecule has 2 aliphatic carbocycles. The van der Waals surface area contributed by atoms with E-state index < -0.39 is 0 Å². The standard InChI is InChI=1S/C30H46O4/c1-4-5-18-34-25-19-22(2)27-21-29(31)26(28(27)20-25)13-11-9-7-6-8-10-12-23-14-16-24(17-15-23)30(32)33-3/h19-20,23-24,26H,4-18,21H2,1-3H3. The maximum absolute atomic E-state index is 12.7. The minimum Gasteiger partial charge on any atom is -0.494 e. The number of fused-ring (bicyclic) bond motifs is 1. The van der Waals surface area contributed by atoms with Crippen LogP contribution in [0.1, 0.15) is 119 Å². The van der Waals surface area contributed by atoms with Crippen LogP contribution in [0.15, 0.2) is 12.1 Å². The van der Waals surface area contributed by atoms with Crippen molar-refractivity contribution >= 4 is 11.8 Å². The summed E-state index contributed by atoms with van der Waals surface area (Å²) in [4.78, 5) is 24.4. The van der Waals surface area contributed by atoms with Gasteiger partial charge in [0, 0.05) is 12.3 Å². The van der Waals surface area contributed by atoms with E-state index in [1.54, 1.807) is 0 Å². The van der Waals surface area contributed by atoms with Crippen LogP contribution >= 0.6 is 0 Å². The molecule has 0 bridgehead atoms. The predicted octanol–water partition coefficient (Wildman–Crippen LogP) is 7.48. The fourth-order valence-corrected chi connectivity index (χ4v) is 5.91. The smallest absolute Gasteiger partial charge is 0.308 e. The second-order valence-corrected chi connectivity index (χ2v) is 10.6. The Kier molecular flexibility index (Phi) is 10.9. The Hall–Kier alpha value is -1.84. The number of ketones is 1. The fourth-order valence-electron chi connectivity index (χ4n) is 5.91. The van der Waals surface area contributed by atoms with E-state index in [-0.39, 0.29) is 17.8 Å². The molecular formula is C30H46O4. The van der Waals surface area contributed by atoms with Crippen molar-refractivity contribution in [2.75, 3.05) is 13.7 Å². The normalized spacial score (nSPS) is 22.0. The molecule has 0 radical (unpaired) electrons. The number of aryl methyl sites for hydroxylation is 1. The molecule has 0 amide bonds. The largest absolute Gasteiger partial charge is 0.494 e. The highest BCUT2D eigenvalue weighted by Crippen LogP contribution is 2.38. The second kappa shape index (κ2) is 13.9. The lowest BCUT2D eigenvalue weighted by molar-refractivity contribution is -0.146. The highest BCUT2D eigenvalue weighted by Gasteiger charge is 2.31. The number of ether oxygens (including phenoxy) is 2. The SMILES string of the molecule is CCCCOc1cc(C)c2c(c1)C(CCCCCCCCC1CCC(C(=O)OC)CC1)C(=O)C2. The number of rotatable bonds is 14. The molecule has 1 unspecified atom stereocenters. The molecule has 1 atom stereocenters. The van der Waals surface area contributed by atoms with Crippen molar-refractivity contribution in [3.05, 3.63) is 28.8 Å². The lowest BCUT2D eigenvalue weighted by Gasteiger charge is -2.26. The van der Waals surface area contributed by atoms with Gasteiger partial charge in [-0.3, -0.25) is 9.59 Å². The molecule has 4 heteroatoms. The van der Waals surface area contributed by atoms with Gasteiger partial charge in [0.2, 0.25) is 0 Å². The van der Waals surface area contributed by atoms with Crippen LogP contribution in [-0.2, 0) is 20.7 Å². The van der Waals surface area contributed by atoms with Crippen LogP contribution in [0.4, 0.5) is 0 Å². The van der Waals surface area contributed by atoms with Gasteiger partial charge in [-0.15, -0.1) is 0 Å². The Balaban J connectivity index is 1.30. The van der Waals surface area contributed by atoms with Crippen molar-refractivity contribution in [1.29, 1.82) is 0 Å². The van der Waals surface area contributed by atoms with Crippen LogP contribution < -0.4 is 4.74 Å². The van der Waals surface area contributed by atoms with Crippen molar-refractivity contribution in [3.8, 4) is 5.75 Å². The van der Waals surface area contributed by atoms with Crippen molar-refractivity contribution in [2.24, 2.45) is 11.8 Å². The van der Waals surface area contributed by atoms with Gasteiger partial charge in [-0.1, -0.05) is 58.3 Å².